The molecule has 0 saturated carbocycles. The van der Waals surface area contributed by atoms with E-state index in [1.165, 1.54) is 0 Å². The first-order valence-electron chi connectivity index (χ1n) is 4.79. The fourth-order valence-corrected chi connectivity index (χ4v) is 1.43. The number of carbonyl (C=O) groups excluding carboxylic acids is 2. The highest BCUT2D eigenvalue weighted by Crippen LogP contribution is 2.21. The van der Waals surface area contributed by atoms with E-state index >= 15 is 0 Å². The Bertz CT molecular complexity index is 460. The van der Waals surface area contributed by atoms with Crippen LogP contribution >= 0.6 is 11.6 Å². The van der Waals surface area contributed by atoms with Crippen LogP contribution in [-0.4, -0.2) is 18.4 Å². The van der Waals surface area contributed by atoms with Crippen LogP contribution in [0.1, 0.15) is 23.7 Å². The lowest BCUT2D eigenvalue weighted by atomic mass is 10.1. The van der Waals surface area contributed by atoms with Gasteiger partial charge in [0.1, 0.15) is 6.42 Å². The van der Waals surface area contributed by atoms with Gasteiger partial charge in [0.25, 0.3) is 0 Å². The molecule has 92 valence electrons. The van der Waals surface area contributed by atoms with Crippen LogP contribution in [0.25, 0.3) is 0 Å². The summed E-state index contributed by atoms with van der Waals surface area (Å²) in [5, 5.41) is -0.238. The number of hydrogen-bond acceptors (Lipinski definition) is 3. The maximum Gasteiger partial charge on any atom is 0.313 e. The second-order valence-electron chi connectivity index (χ2n) is 3.15. The average Bonchev–Trinajstić information content (AvgIpc) is 2.23. The van der Waals surface area contributed by atoms with Crippen molar-refractivity contribution < 1.29 is 23.1 Å². The second kappa shape index (κ2) is 5.72. The molecule has 0 spiro atoms. The van der Waals surface area contributed by atoms with Gasteiger partial charge in [-0.05, 0) is 19.1 Å². The molecular formula is C11H9ClF2O3. The van der Waals surface area contributed by atoms with Gasteiger partial charge in [-0.15, -0.1) is 0 Å². The average molecular weight is 263 g/mol. The van der Waals surface area contributed by atoms with E-state index in [1.807, 2.05) is 0 Å². The van der Waals surface area contributed by atoms with Crippen molar-refractivity contribution in [2.24, 2.45) is 0 Å². The number of ketones is 1. The molecule has 0 fully saturated rings. The van der Waals surface area contributed by atoms with Crippen LogP contribution < -0.4 is 0 Å². The SMILES string of the molecule is CCOC(=O)CC(=O)c1cc(F)c(F)cc1Cl. The molecule has 0 aliphatic heterocycles. The maximum atomic E-state index is 12.9. The lowest BCUT2D eigenvalue weighted by molar-refractivity contribution is -0.141. The Morgan fingerprint density at radius 3 is 2.47 bits per heavy atom. The minimum absolute atomic E-state index is 0.137. The van der Waals surface area contributed by atoms with Crippen molar-refractivity contribution in [2.45, 2.75) is 13.3 Å². The fraction of sp³-hybridized carbons (Fsp3) is 0.273. The zero-order valence-electron chi connectivity index (χ0n) is 8.93. The minimum Gasteiger partial charge on any atom is -0.466 e. The summed E-state index contributed by atoms with van der Waals surface area (Å²) in [4.78, 5) is 22.6. The van der Waals surface area contributed by atoms with Crippen molar-refractivity contribution >= 4 is 23.4 Å². The van der Waals surface area contributed by atoms with E-state index in [9.17, 15) is 18.4 Å². The van der Waals surface area contributed by atoms with Crippen LogP contribution in [0.5, 0.6) is 0 Å². The van der Waals surface area contributed by atoms with Gasteiger partial charge < -0.3 is 4.74 Å². The molecule has 0 radical (unpaired) electrons. The van der Waals surface area contributed by atoms with E-state index in [2.05, 4.69) is 4.74 Å². The third-order valence-corrected chi connectivity index (χ3v) is 2.23. The zero-order valence-corrected chi connectivity index (χ0v) is 9.68. The zero-order chi connectivity index (χ0) is 13.0. The second-order valence-corrected chi connectivity index (χ2v) is 3.56. The Morgan fingerprint density at radius 1 is 1.29 bits per heavy atom. The molecule has 1 aromatic carbocycles. The fourth-order valence-electron chi connectivity index (χ4n) is 1.17. The van der Waals surface area contributed by atoms with Crippen LogP contribution in [0, 0.1) is 11.6 Å². The van der Waals surface area contributed by atoms with Gasteiger partial charge >= 0.3 is 5.97 Å². The van der Waals surface area contributed by atoms with E-state index in [4.69, 9.17) is 11.6 Å². The molecule has 0 saturated heterocycles. The normalized spacial score (nSPS) is 10.1. The van der Waals surface area contributed by atoms with Crippen molar-refractivity contribution in [1.29, 1.82) is 0 Å². The van der Waals surface area contributed by atoms with Crippen molar-refractivity contribution in [3.05, 3.63) is 34.4 Å². The Labute approximate surface area is 101 Å². The predicted octanol–water partition coefficient (Wildman–Crippen LogP) is 2.75. The number of halogens is 3. The van der Waals surface area contributed by atoms with Crippen LogP contribution in [-0.2, 0) is 9.53 Å². The number of carbonyl (C=O) groups is 2. The van der Waals surface area contributed by atoms with Gasteiger partial charge in [-0.25, -0.2) is 8.78 Å². The molecule has 0 N–H and O–H groups in total. The molecule has 0 atom stereocenters. The van der Waals surface area contributed by atoms with Gasteiger partial charge in [0, 0.05) is 5.56 Å². The number of hydrogen-bond donors (Lipinski definition) is 0. The monoisotopic (exact) mass is 262 g/mol. The first-order valence-corrected chi connectivity index (χ1v) is 5.16. The van der Waals surface area contributed by atoms with E-state index < -0.39 is 29.8 Å². The lowest BCUT2D eigenvalue weighted by Crippen LogP contribution is -2.12. The maximum absolute atomic E-state index is 12.9. The lowest BCUT2D eigenvalue weighted by Gasteiger charge is -2.04. The quantitative estimate of drug-likeness (QED) is 0.363. The molecule has 0 aromatic heterocycles. The number of ether oxygens (including phenoxy) is 1. The Morgan fingerprint density at radius 2 is 1.88 bits per heavy atom. The number of Topliss-reactive ketones (excluding diaryl/α,β-unsaturated/α-hetero) is 1. The molecule has 6 heteroatoms. The summed E-state index contributed by atoms with van der Waals surface area (Å²) in [6.45, 7) is 1.73. The van der Waals surface area contributed by atoms with Gasteiger partial charge in [0.15, 0.2) is 17.4 Å². The number of esters is 1. The summed E-state index contributed by atoms with van der Waals surface area (Å²) < 4.78 is 30.2. The molecule has 0 unspecified atom stereocenters. The smallest absolute Gasteiger partial charge is 0.313 e. The van der Waals surface area contributed by atoms with Crippen molar-refractivity contribution in [3.8, 4) is 0 Å². The Kier molecular flexibility index (Phi) is 4.57. The molecule has 3 nitrogen and oxygen atoms in total. The highest BCUT2D eigenvalue weighted by atomic mass is 35.5. The van der Waals surface area contributed by atoms with Crippen LogP contribution in [0.15, 0.2) is 12.1 Å². The molecule has 0 aliphatic rings. The third kappa shape index (κ3) is 3.49. The topological polar surface area (TPSA) is 43.4 Å². The summed E-state index contributed by atoms with van der Waals surface area (Å²) in [6, 6.07) is 1.36. The number of benzene rings is 1. The van der Waals surface area contributed by atoms with Crippen LogP contribution in [0.3, 0.4) is 0 Å². The molecule has 0 amide bonds. The Hall–Kier alpha value is -1.49. The van der Waals surface area contributed by atoms with Gasteiger partial charge in [-0.3, -0.25) is 9.59 Å². The van der Waals surface area contributed by atoms with Gasteiger partial charge in [0.2, 0.25) is 0 Å². The largest absolute Gasteiger partial charge is 0.466 e. The summed E-state index contributed by atoms with van der Waals surface area (Å²) >= 11 is 5.58. The minimum atomic E-state index is -1.19. The summed E-state index contributed by atoms with van der Waals surface area (Å²) in [6.07, 6.45) is -0.557. The highest BCUT2D eigenvalue weighted by molar-refractivity contribution is 6.34. The molecule has 17 heavy (non-hydrogen) atoms. The number of rotatable bonds is 4. The van der Waals surface area contributed by atoms with Gasteiger partial charge in [-0.2, -0.15) is 0 Å². The van der Waals surface area contributed by atoms with E-state index in [0.29, 0.717) is 12.1 Å². The Balaban J connectivity index is 2.89. The van der Waals surface area contributed by atoms with Crippen molar-refractivity contribution in [1.82, 2.24) is 0 Å². The van der Waals surface area contributed by atoms with Crippen molar-refractivity contribution in [3.63, 3.8) is 0 Å². The molecule has 0 aliphatic carbocycles. The van der Waals surface area contributed by atoms with Gasteiger partial charge in [-0.1, -0.05) is 11.6 Å². The molecular weight excluding hydrogens is 254 g/mol. The molecule has 1 rings (SSSR count). The molecule has 1 aromatic rings. The predicted molar refractivity (Wildman–Crippen MR) is 56.9 cm³/mol. The molecule has 0 heterocycles. The van der Waals surface area contributed by atoms with Crippen LogP contribution in [0.2, 0.25) is 5.02 Å². The van der Waals surface area contributed by atoms with E-state index in [0.717, 1.165) is 0 Å². The summed E-state index contributed by atoms with van der Waals surface area (Å²) in [7, 11) is 0. The van der Waals surface area contributed by atoms with Crippen LogP contribution in [0.4, 0.5) is 8.78 Å². The van der Waals surface area contributed by atoms with Gasteiger partial charge in [0.05, 0.1) is 11.6 Å². The first-order chi connectivity index (χ1) is 7.95. The third-order valence-electron chi connectivity index (χ3n) is 1.92. The summed E-state index contributed by atoms with van der Waals surface area (Å²) in [5.41, 5.74) is -0.237. The summed E-state index contributed by atoms with van der Waals surface area (Å²) in [5.74, 6) is -3.80. The van der Waals surface area contributed by atoms with E-state index in [-0.39, 0.29) is 17.2 Å². The van der Waals surface area contributed by atoms with Crippen molar-refractivity contribution in [2.75, 3.05) is 6.61 Å². The van der Waals surface area contributed by atoms with E-state index in [1.54, 1.807) is 6.92 Å². The standard InChI is InChI=1S/C11H9ClF2O3/c1-2-17-11(16)5-10(15)6-3-8(13)9(14)4-7(6)12/h3-4H,2,5H2,1H3. The highest BCUT2D eigenvalue weighted by Gasteiger charge is 2.18. The molecule has 0 bridgehead atoms. The first kappa shape index (κ1) is 13.6.